The summed E-state index contributed by atoms with van der Waals surface area (Å²) in [5, 5.41) is 3.01. The molecular weight excluding hydrogens is 280 g/mol. The molecule has 1 atom stereocenters. The van der Waals surface area contributed by atoms with Crippen molar-refractivity contribution in [3.05, 3.63) is 64.1 Å². The van der Waals surface area contributed by atoms with Gasteiger partial charge in [0.1, 0.15) is 5.75 Å². The van der Waals surface area contributed by atoms with Crippen molar-refractivity contribution in [2.45, 2.75) is 18.9 Å². The van der Waals surface area contributed by atoms with Gasteiger partial charge in [0.2, 0.25) is 0 Å². The van der Waals surface area contributed by atoms with E-state index in [1.807, 2.05) is 24.3 Å². The molecule has 0 fully saturated rings. The summed E-state index contributed by atoms with van der Waals surface area (Å²) in [6, 6.07) is 10.6. The maximum Gasteiger partial charge on any atom is 0.252 e. The number of rotatable bonds is 2. The van der Waals surface area contributed by atoms with Gasteiger partial charge in [0.25, 0.3) is 11.5 Å². The van der Waals surface area contributed by atoms with Gasteiger partial charge < -0.3 is 14.6 Å². The number of pyridine rings is 1. The zero-order valence-corrected chi connectivity index (χ0v) is 12.4. The van der Waals surface area contributed by atoms with Crippen molar-refractivity contribution in [2.24, 2.45) is 7.05 Å². The Labute approximate surface area is 128 Å². The average Bonchev–Trinajstić information content (AvgIpc) is 2.73. The van der Waals surface area contributed by atoms with Gasteiger partial charge in [0, 0.05) is 30.4 Å². The summed E-state index contributed by atoms with van der Waals surface area (Å²) in [5.41, 5.74) is 1.17. The highest BCUT2D eigenvalue weighted by Gasteiger charge is 2.21. The molecule has 2 aromatic rings. The normalized spacial score (nSPS) is 17.0. The van der Waals surface area contributed by atoms with Crippen LogP contribution in [0.25, 0.3) is 0 Å². The number of fused-ring (bicyclic) bond motifs is 1. The van der Waals surface area contributed by atoms with Crippen molar-refractivity contribution >= 4 is 5.91 Å². The molecule has 114 valence electrons. The van der Waals surface area contributed by atoms with E-state index in [0.717, 1.165) is 24.2 Å². The first-order chi connectivity index (χ1) is 10.6. The van der Waals surface area contributed by atoms with Crippen LogP contribution < -0.4 is 15.6 Å². The second-order valence-electron chi connectivity index (χ2n) is 5.42. The maximum atomic E-state index is 12.4. The molecular formula is C17H18N2O3. The van der Waals surface area contributed by atoms with E-state index in [-0.39, 0.29) is 17.5 Å². The Morgan fingerprint density at radius 2 is 2.14 bits per heavy atom. The molecule has 5 nitrogen and oxygen atoms in total. The van der Waals surface area contributed by atoms with Gasteiger partial charge in [0.05, 0.1) is 12.6 Å². The Bertz CT molecular complexity index is 752. The number of benzene rings is 1. The number of carbonyl (C=O) groups excluding carboxylic acids is 1. The molecule has 0 radical (unpaired) electrons. The highest BCUT2D eigenvalue weighted by molar-refractivity contribution is 5.94. The third-order valence-corrected chi connectivity index (χ3v) is 3.86. The standard InChI is InChI=1S/C17H18N2O3/c1-19-9-8-12(11-16(19)20)17(21)18-14-6-4-10-22-15-7-3-2-5-13(14)15/h2-3,5,7-9,11,14H,4,6,10H2,1H3,(H,18,21)/t14-/m1/s1. The van der Waals surface area contributed by atoms with E-state index in [1.165, 1.54) is 10.6 Å². The number of hydrogen-bond acceptors (Lipinski definition) is 3. The molecule has 0 aliphatic carbocycles. The number of para-hydroxylation sites is 1. The minimum absolute atomic E-state index is 0.102. The molecule has 3 rings (SSSR count). The van der Waals surface area contributed by atoms with Crippen LogP contribution >= 0.6 is 0 Å². The molecule has 0 saturated carbocycles. The smallest absolute Gasteiger partial charge is 0.252 e. The minimum atomic E-state index is -0.237. The molecule has 2 heterocycles. The van der Waals surface area contributed by atoms with Crippen LogP contribution in [0.2, 0.25) is 0 Å². The van der Waals surface area contributed by atoms with Crippen molar-refractivity contribution in [2.75, 3.05) is 6.61 Å². The first kappa shape index (κ1) is 14.4. The van der Waals surface area contributed by atoms with Crippen LogP contribution in [0.3, 0.4) is 0 Å². The van der Waals surface area contributed by atoms with Crippen molar-refractivity contribution in [1.29, 1.82) is 0 Å². The molecule has 1 aliphatic heterocycles. The topological polar surface area (TPSA) is 60.3 Å². The van der Waals surface area contributed by atoms with Gasteiger partial charge in [-0.3, -0.25) is 9.59 Å². The molecule has 0 saturated heterocycles. The van der Waals surface area contributed by atoms with Crippen LogP contribution in [0.4, 0.5) is 0 Å². The van der Waals surface area contributed by atoms with Gasteiger partial charge >= 0.3 is 0 Å². The molecule has 1 N–H and O–H groups in total. The molecule has 0 unspecified atom stereocenters. The van der Waals surface area contributed by atoms with Gasteiger partial charge in [-0.05, 0) is 25.0 Å². The van der Waals surface area contributed by atoms with E-state index in [9.17, 15) is 9.59 Å². The van der Waals surface area contributed by atoms with Crippen LogP contribution in [-0.2, 0) is 7.05 Å². The zero-order valence-electron chi connectivity index (χ0n) is 12.4. The lowest BCUT2D eigenvalue weighted by Gasteiger charge is -2.18. The summed E-state index contributed by atoms with van der Waals surface area (Å²) in [5.74, 6) is 0.577. The Morgan fingerprint density at radius 1 is 1.32 bits per heavy atom. The Balaban J connectivity index is 1.84. The fraction of sp³-hybridized carbons (Fsp3) is 0.294. The lowest BCUT2D eigenvalue weighted by atomic mass is 10.0. The predicted octanol–water partition coefficient (Wildman–Crippen LogP) is 2.03. The van der Waals surface area contributed by atoms with Crippen LogP contribution in [0.1, 0.15) is 34.8 Å². The number of aromatic nitrogens is 1. The number of hydrogen-bond donors (Lipinski definition) is 1. The summed E-state index contributed by atoms with van der Waals surface area (Å²) < 4.78 is 7.13. The van der Waals surface area contributed by atoms with Crippen LogP contribution in [0, 0.1) is 0 Å². The third kappa shape index (κ3) is 2.88. The second-order valence-corrected chi connectivity index (χ2v) is 5.42. The molecule has 1 aromatic heterocycles. The Hall–Kier alpha value is -2.56. The third-order valence-electron chi connectivity index (χ3n) is 3.86. The van der Waals surface area contributed by atoms with E-state index in [4.69, 9.17) is 4.74 Å². The van der Waals surface area contributed by atoms with Gasteiger partial charge in [0.15, 0.2) is 0 Å². The maximum absolute atomic E-state index is 12.4. The van der Waals surface area contributed by atoms with E-state index < -0.39 is 0 Å². The molecule has 1 aromatic carbocycles. The summed E-state index contributed by atoms with van der Waals surface area (Å²) in [7, 11) is 1.66. The van der Waals surface area contributed by atoms with E-state index in [1.54, 1.807) is 19.3 Å². The minimum Gasteiger partial charge on any atom is -0.493 e. The van der Waals surface area contributed by atoms with Crippen molar-refractivity contribution in [3.63, 3.8) is 0 Å². The monoisotopic (exact) mass is 298 g/mol. The average molecular weight is 298 g/mol. The van der Waals surface area contributed by atoms with Crippen molar-refractivity contribution in [3.8, 4) is 5.75 Å². The largest absolute Gasteiger partial charge is 0.493 e. The van der Waals surface area contributed by atoms with E-state index >= 15 is 0 Å². The highest BCUT2D eigenvalue weighted by Crippen LogP contribution is 2.31. The number of ether oxygens (including phenoxy) is 1. The van der Waals surface area contributed by atoms with Crippen molar-refractivity contribution < 1.29 is 9.53 Å². The lowest BCUT2D eigenvalue weighted by molar-refractivity contribution is 0.0934. The number of nitrogens with one attached hydrogen (secondary N) is 1. The lowest BCUT2D eigenvalue weighted by Crippen LogP contribution is -2.29. The van der Waals surface area contributed by atoms with E-state index in [0.29, 0.717) is 12.2 Å². The first-order valence-corrected chi connectivity index (χ1v) is 7.34. The van der Waals surface area contributed by atoms with E-state index in [2.05, 4.69) is 5.32 Å². The van der Waals surface area contributed by atoms with Crippen LogP contribution in [0.15, 0.2) is 47.4 Å². The van der Waals surface area contributed by atoms with Gasteiger partial charge in [-0.2, -0.15) is 0 Å². The summed E-state index contributed by atoms with van der Waals surface area (Å²) in [4.78, 5) is 24.1. The summed E-state index contributed by atoms with van der Waals surface area (Å²) >= 11 is 0. The van der Waals surface area contributed by atoms with Gasteiger partial charge in [-0.1, -0.05) is 18.2 Å². The molecule has 22 heavy (non-hydrogen) atoms. The fourth-order valence-electron chi connectivity index (χ4n) is 2.61. The quantitative estimate of drug-likeness (QED) is 0.923. The van der Waals surface area contributed by atoms with Crippen LogP contribution in [0.5, 0.6) is 5.75 Å². The number of carbonyl (C=O) groups is 1. The second kappa shape index (κ2) is 6.05. The van der Waals surface area contributed by atoms with Gasteiger partial charge in [-0.25, -0.2) is 0 Å². The molecule has 0 bridgehead atoms. The SMILES string of the molecule is Cn1ccc(C(=O)N[C@@H]2CCCOc3ccccc32)cc1=O. The zero-order chi connectivity index (χ0) is 15.5. The molecule has 1 aliphatic rings. The molecule has 0 spiro atoms. The predicted molar refractivity (Wildman–Crippen MR) is 83.1 cm³/mol. The number of nitrogens with zero attached hydrogens (tertiary/aromatic N) is 1. The Kier molecular flexibility index (Phi) is 3.96. The highest BCUT2D eigenvalue weighted by atomic mass is 16.5. The Morgan fingerprint density at radius 3 is 2.95 bits per heavy atom. The number of aryl methyl sites for hydroxylation is 1. The fourth-order valence-corrected chi connectivity index (χ4v) is 2.61. The van der Waals surface area contributed by atoms with Gasteiger partial charge in [-0.15, -0.1) is 0 Å². The first-order valence-electron chi connectivity index (χ1n) is 7.34. The number of amides is 1. The summed E-state index contributed by atoms with van der Waals surface area (Å²) in [6.07, 6.45) is 3.28. The van der Waals surface area contributed by atoms with Crippen molar-refractivity contribution in [1.82, 2.24) is 9.88 Å². The summed E-state index contributed by atoms with van der Waals surface area (Å²) in [6.45, 7) is 0.648. The molecule has 5 heteroatoms. The van der Waals surface area contributed by atoms with Crippen LogP contribution in [-0.4, -0.2) is 17.1 Å². The molecule has 1 amide bonds.